The van der Waals surface area contributed by atoms with E-state index in [4.69, 9.17) is 9.47 Å². The van der Waals surface area contributed by atoms with Crippen molar-refractivity contribution in [2.45, 2.75) is 26.4 Å². The van der Waals surface area contributed by atoms with Gasteiger partial charge in [-0.05, 0) is 77.9 Å². The number of hydrogen-bond acceptors (Lipinski definition) is 3. The number of allylic oxidation sites excluding steroid dienone is 1. The summed E-state index contributed by atoms with van der Waals surface area (Å²) >= 11 is 2.13. The van der Waals surface area contributed by atoms with Crippen LogP contribution in [0.2, 0.25) is 0 Å². The van der Waals surface area contributed by atoms with Gasteiger partial charge < -0.3 is 14.6 Å². The molecule has 0 spiro atoms. The number of rotatable bonds is 8. The number of hydrogen-bond donors (Lipinski definition) is 1. The molecule has 0 heterocycles. The number of halogens is 3. The van der Waals surface area contributed by atoms with E-state index in [-0.39, 0.29) is 18.6 Å². The van der Waals surface area contributed by atoms with Crippen molar-refractivity contribution in [2.75, 3.05) is 13.2 Å². The lowest BCUT2D eigenvalue weighted by atomic mass is 10.1. The molecular formula is C23H21F2IO4. The van der Waals surface area contributed by atoms with Crippen LogP contribution in [0.15, 0.2) is 48.0 Å². The summed E-state index contributed by atoms with van der Waals surface area (Å²) in [4.78, 5) is 11.2. The highest BCUT2D eigenvalue weighted by molar-refractivity contribution is 14.1. The van der Waals surface area contributed by atoms with Gasteiger partial charge in [-0.15, -0.1) is 0 Å². The van der Waals surface area contributed by atoms with E-state index < -0.39 is 23.7 Å². The Labute approximate surface area is 188 Å². The molecule has 0 bridgehead atoms. The van der Waals surface area contributed by atoms with Crippen LogP contribution < -0.4 is 4.74 Å². The molecule has 0 unspecified atom stereocenters. The molecule has 1 N–H and O–H groups in total. The lowest BCUT2D eigenvalue weighted by Crippen LogP contribution is -2.26. The average Bonchev–Trinajstić information content (AvgIpc) is 2.67. The zero-order chi connectivity index (χ0) is 22.1. The van der Waals surface area contributed by atoms with Gasteiger partial charge in [0.2, 0.25) is 0 Å². The van der Waals surface area contributed by atoms with Crippen LogP contribution in [-0.2, 0) is 16.0 Å². The lowest BCUT2D eigenvalue weighted by molar-refractivity contribution is -0.149. The molecule has 2 rings (SSSR count). The standard InChI is InChI=1S/C23H21F2IO4/c1-3-29-22(23(27)28)13-17-6-7-21(20(26)12-17)30-9-8-15(2)4-5-16-10-18(24)14-19(25)11-16/h6-8,10-12,14,22H,3,9,13H2,1-2H3,(H,27,28)/t22-/m0/s1. The Morgan fingerprint density at radius 1 is 1.23 bits per heavy atom. The summed E-state index contributed by atoms with van der Waals surface area (Å²) in [6, 6.07) is 8.59. The molecule has 0 saturated heterocycles. The van der Waals surface area contributed by atoms with E-state index in [1.165, 1.54) is 12.1 Å². The predicted molar refractivity (Wildman–Crippen MR) is 118 cm³/mol. The highest BCUT2D eigenvalue weighted by atomic mass is 127. The summed E-state index contributed by atoms with van der Waals surface area (Å²) in [6.45, 7) is 4.13. The van der Waals surface area contributed by atoms with E-state index in [9.17, 15) is 18.7 Å². The Kier molecular flexibility index (Phi) is 9.27. The van der Waals surface area contributed by atoms with Crippen molar-refractivity contribution >= 4 is 28.6 Å². The Hall–Kier alpha value is -2.44. The van der Waals surface area contributed by atoms with E-state index in [0.29, 0.717) is 17.9 Å². The van der Waals surface area contributed by atoms with Gasteiger partial charge in [-0.2, -0.15) is 0 Å². The van der Waals surface area contributed by atoms with Gasteiger partial charge in [0, 0.05) is 24.7 Å². The Balaban J connectivity index is 1.97. The maximum absolute atomic E-state index is 13.2. The molecule has 0 aliphatic rings. The van der Waals surface area contributed by atoms with Crippen molar-refractivity contribution in [3.05, 3.63) is 74.4 Å². The molecule has 0 radical (unpaired) electrons. The van der Waals surface area contributed by atoms with Crippen LogP contribution in [0.25, 0.3) is 0 Å². The fourth-order valence-electron chi connectivity index (χ4n) is 2.53. The van der Waals surface area contributed by atoms with E-state index in [0.717, 1.165) is 15.2 Å². The van der Waals surface area contributed by atoms with Crippen LogP contribution in [0, 0.1) is 27.0 Å². The van der Waals surface area contributed by atoms with Crippen molar-refractivity contribution in [3.63, 3.8) is 0 Å². The van der Waals surface area contributed by atoms with Crippen molar-refractivity contribution in [1.29, 1.82) is 0 Å². The van der Waals surface area contributed by atoms with Crippen molar-refractivity contribution in [1.82, 2.24) is 0 Å². The quantitative estimate of drug-likeness (QED) is 0.390. The number of ether oxygens (including phenoxy) is 2. The monoisotopic (exact) mass is 526 g/mol. The number of carboxylic acid groups (broad SMARTS) is 1. The van der Waals surface area contributed by atoms with Gasteiger partial charge in [-0.25, -0.2) is 13.6 Å². The van der Waals surface area contributed by atoms with Crippen molar-refractivity contribution in [2.24, 2.45) is 0 Å². The largest absolute Gasteiger partial charge is 0.488 e. The summed E-state index contributed by atoms with van der Waals surface area (Å²) in [5, 5.41) is 9.20. The minimum Gasteiger partial charge on any atom is -0.488 e. The first kappa shape index (κ1) is 23.8. The molecule has 2 aromatic rings. The highest BCUT2D eigenvalue weighted by Gasteiger charge is 2.18. The molecule has 0 aromatic heterocycles. The molecule has 30 heavy (non-hydrogen) atoms. The molecule has 0 saturated carbocycles. The number of aliphatic carboxylic acids is 1. The van der Waals surface area contributed by atoms with Gasteiger partial charge in [0.15, 0.2) is 6.10 Å². The summed E-state index contributed by atoms with van der Waals surface area (Å²) < 4.78 is 38.2. The van der Waals surface area contributed by atoms with Crippen LogP contribution in [0.3, 0.4) is 0 Å². The molecule has 0 amide bonds. The fourth-order valence-corrected chi connectivity index (χ4v) is 3.26. The fraction of sp³-hybridized carbons (Fsp3) is 0.261. The molecule has 0 aliphatic carbocycles. The molecule has 0 fully saturated rings. The first-order valence-corrected chi connectivity index (χ1v) is 10.3. The van der Waals surface area contributed by atoms with Crippen LogP contribution >= 0.6 is 22.6 Å². The van der Waals surface area contributed by atoms with Gasteiger partial charge in [0.1, 0.15) is 24.0 Å². The Morgan fingerprint density at radius 2 is 1.93 bits per heavy atom. The molecule has 2 aromatic carbocycles. The summed E-state index contributed by atoms with van der Waals surface area (Å²) in [5.41, 5.74) is 1.80. The van der Waals surface area contributed by atoms with E-state index in [1.54, 1.807) is 32.1 Å². The normalized spacial score (nSPS) is 12.1. The molecule has 7 heteroatoms. The van der Waals surface area contributed by atoms with E-state index >= 15 is 0 Å². The zero-order valence-corrected chi connectivity index (χ0v) is 18.7. The van der Waals surface area contributed by atoms with Crippen molar-refractivity contribution in [3.8, 4) is 17.6 Å². The molecule has 1 atom stereocenters. The highest BCUT2D eigenvalue weighted by Crippen LogP contribution is 2.23. The van der Waals surface area contributed by atoms with Crippen LogP contribution in [-0.4, -0.2) is 30.4 Å². The van der Waals surface area contributed by atoms with Gasteiger partial charge in [-0.1, -0.05) is 17.9 Å². The second kappa shape index (κ2) is 11.7. The summed E-state index contributed by atoms with van der Waals surface area (Å²) in [6.07, 6.45) is 1.16. The van der Waals surface area contributed by atoms with Gasteiger partial charge in [-0.3, -0.25) is 0 Å². The van der Waals surface area contributed by atoms with Crippen LogP contribution in [0.4, 0.5) is 8.78 Å². The molecule has 0 aliphatic heterocycles. The second-order valence-corrected chi connectivity index (χ2v) is 7.52. The van der Waals surface area contributed by atoms with Crippen molar-refractivity contribution < 1.29 is 28.2 Å². The third-order valence-electron chi connectivity index (χ3n) is 3.96. The van der Waals surface area contributed by atoms with E-state index in [2.05, 4.69) is 34.4 Å². The number of carboxylic acids is 1. The SMILES string of the molecule is CCO[C@@H](Cc1ccc(OCC=C(C)C#Cc2cc(F)cc(F)c2)c(I)c1)C(=O)O. The maximum Gasteiger partial charge on any atom is 0.333 e. The topological polar surface area (TPSA) is 55.8 Å². The minimum absolute atomic E-state index is 0.262. The Bertz CT molecular complexity index is 972. The smallest absolute Gasteiger partial charge is 0.333 e. The van der Waals surface area contributed by atoms with Gasteiger partial charge >= 0.3 is 5.97 Å². The number of benzene rings is 2. The van der Waals surface area contributed by atoms with Gasteiger partial charge in [0.05, 0.1) is 3.57 Å². The Morgan fingerprint density at radius 3 is 2.53 bits per heavy atom. The first-order chi connectivity index (χ1) is 14.3. The predicted octanol–water partition coefficient (Wildman–Crippen LogP) is 4.98. The van der Waals surface area contributed by atoms with Crippen LogP contribution in [0.1, 0.15) is 25.0 Å². The van der Waals surface area contributed by atoms with Gasteiger partial charge in [0.25, 0.3) is 0 Å². The summed E-state index contributed by atoms with van der Waals surface area (Å²) in [5.74, 6) is 3.88. The lowest BCUT2D eigenvalue weighted by Gasteiger charge is -2.13. The third kappa shape index (κ3) is 7.76. The van der Waals surface area contributed by atoms with E-state index in [1.807, 2.05) is 6.07 Å². The minimum atomic E-state index is -0.991. The average molecular weight is 526 g/mol. The van der Waals surface area contributed by atoms with Crippen LogP contribution in [0.5, 0.6) is 5.75 Å². The summed E-state index contributed by atoms with van der Waals surface area (Å²) in [7, 11) is 0. The molecular weight excluding hydrogens is 505 g/mol. The first-order valence-electron chi connectivity index (χ1n) is 9.19. The molecule has 4 nitrogen and oxygen atoms in total. The molecule has 158 valence electrons. The zero-order valence-electron chi connectivity index (χ0n) is 16.5. The second-order valence-electron chi connectivity index (χ2n) is 6.36. The third-order valence-corrected chi connectivity index (χ3v) is 4.80. The number of carbonyl (C=O) groups is 1. The maximum atomic E-state index is 13.2.